The van der Waals surface area contributed by atoms with Crippen LogP contribution in [0.4, 0.5) is 0 Å². The maximum Gasteiger partial charge on any atom is 0.305 e. The highest BCUT2D eigenvalue weighted by Crippen LogP contribution is 2.14. The molecule has 3 nitrogen and oxygen atoms in total. The van der Waals surface area contributed by atoms with E-state index in [1.165, 1.54) is 77.7 Å². The second-order valence-corrected chi connectivity index (χ2v) is 8.02. The summed E-state index contributed by atoms with van der Waals surface area (Å²) >= 11 is 0. The number of hydrogen-bond acceptors (Lipinski definition) is 3. The number of unbranched alkanes of at least 4 members (excludes halogenated alkanes) is 15. The summed E-state index contributed by atoms with van der Waals surface area (Å²) in [5.74, 6) is 0.323. The monoisotopic (exact) mass is 382 g/mol. The van der Waals surface area contributed by atoms with Crippen LogP contribution in [0, 0.1) is 0 Å². The smallest absolute Gasteiger partial charge is 0.305 e. The first-order valence-electron chi connectivity index (χ1n) is 11.8. The maximum absolute atomic E-state index is 11.9. The number of hydrogen-bond donors (Lipinski definition) is 0. The van der Waals surface area contributed by atoms with Crippen molar-refractivity contribution in [3.05, 3.63) is 0 Å². The van der Waals surface area contributed by atoms with E-state index in [1.807, 2.05) is 0 Å². The first-order valence-corrected chi connectivity index (χ1v) is 11.8. The number of ether oxygens (including phenoxy) is 1. The second-order valence-electron chi connectivity index (χ2n) is 8.02. The molecular weight excluding hydrogens is 336 g/mol. The first kappa shape index (κ1) is 26.1. The predicted octanol–water partition coefficient (Wildman–Crippen LogP) is 7.55. The number of rotatable bonds is 21. The van der Waals surface area contributed by atoms with Gasteiger partial charge in [0.1, 0.15) is 5.78 Å². The van der Waals surface area contributed by atoms with Crippen molar-refractivity contribution in [1.82, 2.24) is 0 Å². The average molecular weight is 383 g/mol. The number of methoxy groups -OCH3 is 1. The van der Waals surface area contributed by atoms with Crippen molar-refractivity contribution >= 4 is 11.8 Å². The summed E-state index contributed by atoms with van der Waals surface area (Å²) in [5, 5.41) is 0. The fourth-order valence-electron chi connectivity index (χ4n) is 3.51. The molecule has 0 aliphatic carbocycles. The molecule has 0 radical (unpaired) electrons. The lowest BCUT2D eigenvalue weighted by molar-refractivity contribution is -0.140. The van der Waals surface area contributed by atoms with E-state index in [0.29, 0.717) is 12.2 Å². The fraction of sp³-hybridized carbons (Fsp3) is 0.917. The standard InChI is InChI=1S/C24H46O3/c1-3-4-5-6-7-8-9-10-11-12-14-17-20-23(25)21-18-15-13-16-19-22-24(26)27-2/h3-22H2,1-2H3. The van der Waals surface area contributed by atoms with Gasteiger partial charge in [0.25, 0.3) is 0 Å². The van der Waals surface area contributed by atoms with Gasteiger partial charge in [-0.05, 0) is 19.3 Å². The molecule has 0 aromatic rings. The van der Waals surface area contributed by atoms with Crippen LogP contribution in [0.2, 0.25) is 0 Å². The molecule has 0 bridgehead atoms. The van der Waals surface area contributed by atoms with Gasteiger partial charge in [-0.1, -0.05) is 96.8 Å². The van der Waals surface area contributed by atoms with E-state index < -0.39 is 0 Å². The number of ketones is 1. The van der Waals surface area contributed by atoms with Crippen LogP contribution in [-0.4, -0.2) is 18.9 Å². The highest BCUT2D eigenvalue weighted by molar-refractivity contribution is 5.78. The van der Waals surface area contributed by atoms with Gasteiger partial charge in [0.05, 0.1) is 7.11 Å². The molecule has 0 spiro atoms. The molecule has 0 atom stereocenters. The van der Waals surface area contributed by atoms with Crippen molar-refractivity contribution in [2.75, 3.05) is 7.11 Å². The minimum absolute atomic E-state index is 0.118. The van der Waals surface area contributed by atoms with Gasteiger partial charge in [-0.2, -0.15) is 0 Å². The van der Waals surface area contributed by atoms with Crippen molar-refractivity contribution in [1.29, 1.82) is 0 Å². The molecule has 0 unspecified atom stereocenters. The van der Waals surface area contributed by atoms with Crippen LogP contribution in [0.5, 0.6) is 0 Å². The Labute approximate surface area is 169 Å². The van der Waals surface area contributed by atoms with Crippen LogP contribution in [0.15, 0.2) is 0 Å². The minimum atomic E-state index is -0.118. The molecule has 0 amide bonds. The Kier molecular flexibility index (Phi) is 20.8. The Morgan fingerprint density at radius 2 is 0.852 bits per heavy atom. The Morgan fingerprint density at radius 1 is 0.519 bits per heavy atom. The molecule has 0 aliphatic rings. The third-order valence-corrected chi connectivity index (χ3v) is 5.37. The van der Waals surface area contributed by atoms with Crippen LogP contribution < -0.4 is 0 Å². The largest absolute Gasteiger partial charge is 0.469 e. The van der Waals surface area contributed by atoms with E-state index in [0.717, 1.165) is 51.4 Å². The topological polar surface area (TPSA) is 43.4 Å². The highest BCUT2D eigenvalue weighted by atomic mass is 16.5. The predicted molar refractivity (Wildman–Crippen MR) is 115 cm³/mol. The Balaban J connectivity index is 3.18. The normalized spacial score (nSPS) is 10.9. The van der Waals surface area contributed by atoms with E-state index in [-0.39, 0.29) is 5.97 Å². The quantitative estimate of drug-likeness (QED) is 0.152. The molecule has 160 valence electrons. The summed E-state index contributed by atoms with van der Waals surface area (Å²) in [6.45, 7) is 2.27. The van der Waals surface area contributed by atoms with Crippen LogP contribution >= 0.6 is 0 Å². The summed E-state index contributed by atoms with van der Waals surface area (Å²) in [6.07, 6.45) is 23.3. The van der Waals surface area contributed by atoms with Crippen LogP contribution in [0.25, 0.3) is 0 Å². The minimum Gasteiger partial charge on any atom is -0.469 e. The van der Waals surface area contributed by atoms with Crippen molar-refractivity contribution in [2.45, 2.75) is 135 Å². The Hall–Kier alpha value is -0.860. The molecule has 0 aromatic heterocycles. The summed E-state index contributed by atoms with van der Waals surface area (Å²) < 4.78 is 4.62. The summed E-state index contributed by atoms with van der Waals surface area (Å²) in [6, 6.07) is 0. The lowest BCUT2D eigenvalue weighted by Crippen LogP contribution is -1.99. The van der Waals surface area contributed by atoms with Crippen molar-refractivity contribution in [3.63, 3.8) is 0 Å². The highest BCUT2D eigenvalue weighted by Gasteiger charge is 2.03. The van der Waals surface area contributed by atoms with Crippen LogP contribution in [0.3, 0.4) is 0 Å². The van der Waals surface area contributed by atoms with E-state index >= 15 is 0 Å². The van der Waals surface area contributed by atoms with E-state index in [4.69, 9.17) is 0 Å². The van der Waals surface area contributed by atoms with E-state index in [1.54, 1.807) is 0 Å². The zero-order valence-electron chi connectivity index (χ0n) is 18.4. The lowest BCUT2D eigenvalue weighted by Gasteiger charge is -2.04. The van der Waals surface area contributed by atoms with Gasteiger partial charge < -0.3 is 4.74 Å². The summed E-state index contributed by atoms with van der Waals surface area (Å²) in [5.41, 5.74) is 0. The Bertz CT molecular complexity index is 339. The molecule has 0 rings (SSSR count). The lowest BCUT2D eigenvalue weighted by atomic mass is 10.0. The number of carbonyl (C=O) groups excluding carboxylic acids is 2. The molecule has 3 heteroatoms. The summed E-state index contributed by atoms with van der Waals surface area (Å²) in [4.78, 5) is 22.9. The van der Waals surface area contributed by atoms with Gasteiger partial charge in [-0.15, -0.1) is 0 Å². The first-order chi connectivity index (χ1) is 13.2. The number of Topliss-reactive ketones (excluding diaryl/α,β-unsaturated/α-hetero) is 1. The molecule has 0 saturated heterocycles. The molecule has 0 aliphatic heterocycles. The van der Waals surface area contributed by atoms with Gasteiger partial charge in [0.15, 0.2) is 0 Å². The maximum atomic E-state index is 11.9. The molecule has 0 saturated carbocycles. The fourth-order valence-corrected chi connectivity index (χ4v) is 3.51. The third kappa shape index (κ3) is 21.3. The number of esters is 1. The van der Waals surface area contributed by atoms with E-state index in [9.17, 15) is 9.59 Å². The zero-order valence-corrected chi connectivity index (χ0v) is 18.4. The molecule has 0 N–H and O–H groups in total. The van der Waals surface area contributed by atoms with Crippen LogP contribution in [-0.2, 0) is 14.3 Å². The van der Waals surface area contributed by atoms with Gasteiger partial charge in [0, 0.05) is 19.3 Å². The van der Waals surface area contributed by atoms with Crippen molar-refractivity contribution in [3.8, 4) is 0 Å². The molecular formula is C24H46O3. The Morgan fingerprint density at radius 3 is 1.22 bits per heavy atom. The van der Waals surface area contributed by atoms with Gasteiger partial charge in [-0.25, -0.2) is 0 Å². The van der Waals surface area contributed by atoms with Crippen molar-refractivity contribution in [2.24, 2.45) is 0 Å². The third-order valence-electron chi connectivity index (χ3n) is 5.37. The second kappa shape index (κ2) is 21.4. The van der Waals surface area contributed by atoms with Gasteiger partial charge in [0.2, 0.25) is 0 Å². The summed E-state index contributed by atoms with van der Waals surface area (Å²) in [7, 11) is 1.43. The van der Waals surface area contributed by atoms with E-state index in [2.05, 4.69) is 11.7 Å². The SMILES string of the molecule is CCCCCCCCCCCCCCC(=O)CCCCCCCC(=O)OC. The average Bonchev–Trinajstić information content (AvgIpc) is 2.67. The molecule has 27 heavy (non-hydrogen) atoms. The van der Waals surface area contributed by atoms with Gasteiger partial charge in [-0.3, -0.25) is 9.59 Å². The molecule has 0 aromatic carbocycles. The zero-order chi connectivity index (χ0) is 20.0. The molecule has 0 heterocycles. The van der Waals surface area contributed by atoms with Crippen molar-refractivity contribution < 1.29 is 14.3 Å². The van der Waals surface area contributed by atoms with Gasteiger partial charge >= 0.3 is 5.97 Å². The molecule has 0 fully saturated rings. The number of carbonyl (C=O) groups is 2. The van der Waals surface area contributed by atoms with Crippen LogP contribution in [0.1, 0.15) is 135 Å².